The van der Waals surface area contributed by atoms with Gasteiger partial charge < -0.3 is 4.90 Å². The average Bonchev–Trinajstić information content (AvgIpc) is 3.10. The zero-order valence-corrected chi connectivity index (χ0v) is 13.2. The molecular weight excluding hydrogens is 302 g/mol. The van der Waals surface area contributed by atoms with Crippen molar-refractivity contribution in [3.05, 3.63) is 30.1 Å². The Bertz CT molecular complexity index is 713. The number of halogens is 2. The van der Waals surface area contributed by atoms with E-state index >= 15 is 0 Å². The van der Waals surface area contributed by atoms with Crippen molar-refractivity contribution >= 4 is 16.9 Å². The van der Waals surface area contributed by atoms with Gasteiger partial charge in [-0.25, -0.2) is 4.98 Å². The summed E-state index contributed by atoms with van der Waals surface area (Å²) in [7, 11) is 3.43. The number of carbonyl (C=O) groups is 1. The van der Waals surface area contributed by atoms with Crippen LogP contribution in [0, 0.1) is 0 Å². The SMILES string of the molecule is CN(C)C(=O)C1CCCN1Cc1nc2ccccc2n1C(F)F. The molecular formula is C16H20F2N4O. The van der Waals surface area contributed by atoms with E-state index in [1.54, 1.807) is 43.3 Å². The maximum atomic E-state index is 13.5. The first-order valence-corrected chi connectivity index (χ1v) is 7.68. The van der Waals surface area contributed by atoms with E-state index in [4.69, 9.17) is 0 Å². The molecule has 0 bridgehead atoms. The van der Waals surface area contributed by atoms with E-state index in [1.165, 1.54) is 0 Å². The van der Waals surface area contributed by atoms with Crippen molar-refractivity contribution in [2.75, 3.05) is 20.6 Å². The Morgan fingerprint density at radius 1 is 1.39 bits per heavy atom. The van der Waals surface area contributed by atoms with E-state index in [2.05, 4.69) is 4.98 Å². The Kier molecular flexibility index (Phi) is 4.30. The lowest BCUT2D eigenvalue weighted by Gasteiger charge is -2.25. The number of rotatable bonds is 4. The van der Waals surface area contributed by atoms with Crippen LogP contribution < -0.4 is 0 Å². The number of likely N-dealkylation sites (tertiary alicyclic amines) is 1. The van der Waals surface area contributed by atoms with Crippen LogP contribution in [0.15, 0.2) is 24.3 Å². The molecule has 1 aromatic carbocycles. The van der Waals surface area contributed by atoms with Gasteiger partial charge in [-0.1, -0.05) is 12.1 Å². The molecule has 124 valence electrons. The molecule has 2 heterocycles. The van der Waals surface area contributed by atoms with Crippen molar-refractivity contribution in [1.29, 1.82) is 0 Å². The van der Waals surface area contributed by atoms with Crippen LogP contribution in [0.25, 0.3) is 11.0 Å². The fourth-order valence-corrected chi connectivity index (χ4v) is 3.20. The number of fused-ring (bicyclic) bond motifs is 1. The number of benzene rings is 1. The van der Waals surface area contributed by atoms with Gasteiger partial charge in [0.05, 0.1) is 23.6 Å². The van der Waals surface area contributed by atoms with Crippen LogP contribution in [0.1, 0.15) is 25.2 Å². The fourth-order valence-electron chi connectivity index (χ4n) is 3.20. The van der Waals surface area contributed by atoms with Gasteiger partial charge in [-0.2, -0.15) is 8.78 Å². The topological polar surface area (TPSA) is 41.4 Å². The van der Waals surface area contributed by atoms with Crippen LogP contribution in [0.5, 0.6) is 0 Å². The molecule has 23 heavy (non-hydrogen) atoms. The fraction of sp³-hybridized carbons (Fsp3) is 0.500. The summed E-state index contributed by atoms with van der Waals surface area (Å²) in [4.78, 5) is 20.1. The molecule has 1 aromatic heterocycles. The Balaban J connectivity index is 1.92. The molecule has 1 unspecified atom stereocenters. The molecule has 3 rings (SSSR count). The molecule has 1 aliphatic rings. The lowest BCUT2D eigenvalue weighted by Crippen LogP contribution is -2.42. The van der Waals surface area contributed by atoms with Gasteiger partial charge in [0.2, 0.25) is 5.91 Å². The third-order valence-corrected chi connectivity index (χ3v) is 4.30. The second-order valence-electron chi connectivity index (χ2n) is 6.03. The van der Waals surface area contributed by atoms with E-state index in [-0.39, 0.29) is 18.5 Å². The van der Waals surface area contributed by atoms with Gasteiger partial charge in [0.1, 0.15) is 5.82 Å². The van der Waals surface area contributed by atoms with Crippen molar-refractivity contribution in [2.24, 2.45) is 0 Å². The zero-order valence-electron chi connectivity index (χ0n) is 13.2. The van der Waals surface area contributed by atoms with E-state index in [9.17, 15) is 13.6 Å². The van der Waals surface area contributed by atoms with Crippen LogP contribution >= 0.6 is 0 Å². The van der Waals surface area contributed by atoms with E-state index in [1.807, 2.05) is 4.90 Å². The third kappa shape index (κ3) is 2.93. The average molecular weight is 322 g/mol. The molecule has 5 nitrogen and oxygen atoms in total. The molecule has 1 amide bonds. The summed E-state index contributed by atoms with van der Waals surface area (Å²) in [5.41, 5.74) is 0.977. The number of nitrogens with zero attached hydrogens (tertiary/aromatic N) is 4. The number of amides is 1. The molecule has 1 fully saturated rings. The van der Waals surface area contributed by atoms with Crippen molar-refractivity contribution in [2.45, 2.75) is 32.0 Å². The van der Waals surface area contributed by atoms with Gasteiger partial charge in [0.15, 0.2) is 0 Å². The third-order valence-electron chi connectivity index (χ3n) is 4.30. The lowest BCUT2D eigenvalue weighted by molar-refractivity contribution is -0.133. The van der Waals surface area contributed by atoms with Gasteiger partial charge in [-0.05, 0) is 31.5 Å². The number of hydrogen-bond acceptors (Lipinski definition) is 3. The summed E-state index contributed by atoms with van der Waals surface area (Å²) in [6.45, 7) is -1.68. The van der Waals surface area contributed by atoms with E-state index in [0.717, 1.165) is 24.0 Å². The highest BCUT2D eigenvalue weighted by molar-refractivity contribution is 5.81. The summed E-state index contributed by atoms with van der Waals surface area (Å²) in [6.07, 6.45) is 1.64. The summed E-state index contributed by atoms with van der Waals surface area (Å²) < 4.78 is 27.9. The minimum atomic E-state index is -2.65. The molecule has 7 heteroatoms. The molecule has 0 saturated carbocycles. The number of para-hydroxylation sites is 2. The molecule has 0 radical (unpaired) electrons. The molecule has 0 N–H and O–H groups in total. The van der Waals surface area contributed by atoms with Gasteiger partial charge in [0, 0.05) is 14.1 Å². The molecule has 1 saturated heterocycles. The van der Waals surface area contributed by atoms with Crippen LogP contribution in [0.3, 0.4) is 0 Å². The lowest BCUT2D eigenvalue weighted by atomic mass is 10.2. The first-order chi connectivity index (χ1) is 11.0. The van der Waals surface area contributed by atoms with Crippen LogP contribution in [0.2, 0.25) is 0 Å². The van der Waals surface area contributed by atoms with Crippen molar-refractivity contribution in [3.8, 4) is 0 Å². The minimum absolute atomic E-state index is 0.0159. The number of alkyl halides is 2. The summed E-state index contributed by atoms with van der Waals surface area (Å²) in [5.74, 6) is 0.321. The molecule has 0 spiro atoms. The molecule has 1 aliphatic heterocycles. The van der Waals surface area contributed by atoms with E-state index < -0.39 is 6.55 Å². The first-order valence-electron chi connectivity index (χ1n) is 7.68. The number of hydrogen-bond donors (Lipinski definition) is 0. The maximum absolute atomic E-state index is 13.5. The van der Waals surface area contributed by atoms with Crippen molar-refractivity contribution in [3.63, 3.8) is 0 Å². The smallest absolute Gasteiger partial charge is 0.320 e. The van der Waals surface area contributed by atoms with E-state index in [0.29, 0.717) is 16.9 Å². The minimum Gasteiger partial charge on any atom is -0.347 e. The second-order valence-corrected chi connectivity index (χ2v) is 6.03. The zero-order chi connectivity index (χ0) is 16.6. The monoisotopic (exact) mass is 322 g/mol. The second kappa shape index (κ2) is 6.23. The van der Waals surface area contributed by atoms with Crippen LogP contribution in [0.4, 0.5) is 8.78 Å². The quantitative estimate of drug-likeness (QED) is 0.868. The number of likely N-dealkylation sites (N-methyl/N-ethyl adjacent to an activating group) is 1. The number of carbonyl (C=O) groups excluding carboxylic acids is 1. The Hall–Kier alpha value is -2.02. The Morgan fingerprint density at radius 2 is 2.13 bits per heavy atom. The standard InChI is InChI=1S/C16H20F2N4O/c1-20(2)15(23)13-8-5-9-21(13)10-14-19-11-6-3-4-7-12(11)22(14)16(17)18/h3-4,6-7,13,16H,5,8-10H2,1-2H3. The van der Waals surface area contributed by atoms with Crippen molar-refractivity contribution < 1.29 is 13.6 Å². The summed E-state index contributed by atoms with van der Waals surface area (Å²) in [5, 5.41) is 0. The first kappa shape index (κ1) is 15.9. The molecule has 2 aromatic rings. The largest absolute Gasteiger partial charge is 0.347 e. The van der Waals surface area contributed by atoms with Crippen molar-refractivity contribution in [1.82, 2.24) is 19.4 Å². The highest BCUT2D eigenvalue weighted by Crippen LogP contribution is 2.26. The van der Waals surface area contributed by atoms with Crippen LogP contribution in [-0.2, 0) is 11.3 Å². The normalized spacial score (nSPS) is 18.9. The Labute approximate surface area is 133 Å². The maximum Gasteiger partial charge on any atom is 0.320 e. The number of imidazole rings is 1. The van der Waals surface area contributed by atoms with Gasteiger partial charge >= 0.3 is 6.55 Å². The van der Waals surface area contributed by atoms with Gasteiger partial charge in [-0.15, -0.1) is 0 Å². The number of aromatic nitrogens is 2. The van der Waals surface area contributed by atoms with Gasteiger partial charge in [-0.3, -0.25) is 14.3 Å². The predicted octanol–water partition coefficient (Wildman–Crippen LogP) is 2.48. The highest BCUT2D eigenvalue weighted by atomic mass is 19.3. The Morgan fingerprint density at radius 3 is 2.83 bits per heavy atom. The predicted molar refractivity (Wildman–Crippen MR) is 83.1 cm³/mol. The highest BCUT2D eigenvalue weighted by Gasteiger charge is 2.33. The van der Waals surface area contributed by atoms with Gasteiger partial charge in [0.25, 0.3) is 0 Å². The summed E-state index contributed by atoms with van der Waals surface area (Å²) >= 11 is 0. The molecule has 0 aliphatic carbocycles. The van der Waals surface area contributed by atoms with Crippen LogP contribution in [-0.4, -0.2) is 51.9 Å². The molecule has 1 atom stereocenters. The summed E-state index contributed by atoms with van der Waals surface area (Å²) in [6, 6.07) is 6.62.